The van der Waals surface area contributed by atoms with Crippen molar-refractivity contribution in [2.75, 3.05) is 11.9 Å². The van der Waals surface area contributed by atoms with Gasteiger partial charge in [0.1, 0.15) is 11.4 Å². The Bertz CT molecular complexity index is 961. The fraction of sp³-hybridized carbons (Fsp3) is 0.211. The van der Waals surface area contributed by atoms with Crippen LogP contribution >= 0.6 is 15.9 Å². The van der Waals surface area contributed by atoms with Crippen molar-refractivity contribution in [3.8, 4) is 5.75 Å². The highest BCUT2D eigenvalue weighted by atomic mass is 79.9. The average Bonchev–Trinajstić information content (AvgIpc) is 2.65. The van der Waals surface area contributed by atoms with E-state index in [0.29, 0.717) is 11.5 Å². The summed E-state index contributed by atoms with van der Waals surface area (Å²) in [4.78, 5) is 34.3. The molecule has 0 aliphatic carbocycles. The molecule has 29 heavy (non-hydrogen) atoms. The minimum atomic E-state index is -0.579. The number of anilines is 1. The standard InChI is InChI=1S/C19H19BrN4O5/c1-12-9-14(20)7-8-17(12)29-11-19(26)23-22-13(2)10-18(25)21-15-5-3-4-6-16(15)24(27)28/h3-9H,10-11H2,1-2H3,(H,21,25)(H,23,26). The first-order valence-electron chi connectivity index (χ1n) is 8.50. The van der Waals surface area contributed by atoms with E-state index >= 15 is 0 Å². The molecular weight excluding hydrogens is 444 g/mol. The summed E-state index contributed by atoms with van der Waals surface area (Å²) in [6.07, 6.45) is -0.140. The number of rotatable bonds is 8. The molecule has 0 fully saturated rings. The number of benzene rings is 2. The second-order valence-corrected chi connectivity index (χ2v) is 7.00. The number of ether oxygens (including phenoxy) is 1. The topological polar surface area (TPSA) is 123 Å². The van der Waals surface area contributed by atoms with Crippen LogP contribution in [0.5, 0.6) is 5.75 Å². The van der Waals surface area contributed by atoms with Gasteiger partial charge in [-0.25, -0.2) is 5.43 Å². The molecule has 2 aromatic rings. The number of nitrogens with one attached hydrogen (secondary N) is 2. The van der Waals surface area contributed by atoms with Gasteiger partial charge >= 0.3 is 0 Å². The smallest absolute Gasteiger partial charge is 0.292 e. The van der Waals surface area contributed by atoms with Crippen LogP contribution in [0.25, 0.3) is 0 Å². The van der Waals surface area contributed by atoms with Crippen molar-refractivity contribution in [2.45, 2.75) is 20.3 Å². The van der Waals surface area contributed by atoms with Gasteiger partial charge in [0.2, 0.25) is 5.91 Å². The molecule has 2 N–H and O–H groups in total. The molecule has 0 radical (unpaired) electrons. The minimum absolute atomic E-state index is 0.0950. The van der Waals surface area contributed by atoms with Crippen LogP contribution in [-0.4, -0.2) is 29.1 Å². The van der Waals surface area contributed by atoms with Crippen LogP contribution < -0.4 is 15.5 Å². The van der Waals surface area contributed by atoms with Gasteiger partial charge in [-0.05, 0) is 43.7 Å². The quantitative estimate of drug-likeness (QED) is 0.352. The van der Waals surface area contributed by atoms with Crippen molar-refractivity contribution in [2.24, 2.45) is 5.10 Å². The highest BCUT2D eigenvalue weighted by molar-refractivity contribution is 9.10. The van der Waals surface area contributed by atoms with Crippen LogP contribution in [0.4, 0.5) is 11.4 Å². The average molecular weight is 463 g/mol. The van der Waals surface area contributed by atoms with Gasteiger partial charge in [-0.15, -0.1) is 0 Å². The van der Waals surface area contributed by atoms with E-state index in [1.54, 1.807) is 25.1 Å². The van der Waals surface area contributed by atoms with E-state index in [1.807, 2.05) is 13.0 Å². The van der Waals surface area contributed by atoms with Gasteiger partial charge < -0.3 is 10.1 Å². The van der Waals surface area contributed by atoms with Crippen LogP contribution in [0.3, 0.4) is 0 Å². The number of nitro benzene ring substituents is 1. The predicted molar refractivity (Wildman–Crippen MR) is 112 cm³/mol. The van der Waals surface area contributed by atoms with Gasteiger partial charge in [0.05, 0.1) is 11.3 Å². The Balaban J connectivity index is 1.84. The van der Waals surface area contributed by atoms with Gasteiger partial charge in [0.25, 0.3) is 11.6 Å². The number of carbonyl (C=O) groups is 2. The predicted octanol–water partition coefficient (Wildman–Crippen LogP) is 3.57. The van der Waals surface area contributed by atoms with Crippen LogP contribution in [-0.2, 0) is 9.59 Å². The van der Waals surface area contributed by atoms with Crippen LogP contribution in [0, 0.1) is 17.0 Å². The molecule has 0 saturated heterocycles. The Hall–Kier alpha value is -3.27. The Labute approximate surface area is 175 Å². The molecule has 9 nitrogen and oxygen atoms in total. The maximum atomic E-state index is 12.1. The number of amides is 2. The SMILES string of the molecule is CC(CC(=O)Nc1ccccc1[N+](=O)[O-])=NNC(=O)COc1ccc(Br)cc1C. The minimum Gasteiger partial charge on any atom is -0.483 e. The number of carbonyl (C=O) groups excluding carboxylic acids is 2. The van der Waals surface area contributed by atoms with E-state index in [-0.39, 0.29) is 24.4 Å². The van der Waals surface area contributed by atoms with Crippen molar-refractivity contribution in [3.63, 3.8) is 0 Å². The van der Waals surface area contributed by atoms with Crippen LogP contribution in [0.1, 0.15) is 18.9 Å². The lowest BCUT2D eigenvalue weighted by atomic mass is 10.2. The third kappa shape index (κ3) is 7.00. The van der Waals surface area contributed by atoms with Crippen molar-refractivity contribution in [1.29, 1.82) is 0 Å². The third-order valence-electron chi connectivity index (χ3n) is 3.66. The number of hydrogen-bond acceptors (Lipinski definition) is 6. The number of hydrogen-bond donors (Lipinski definition) is 2. The van der Waals surface area contributed by atoms with Crippen molar-refractivity contribution < 1.29 is 19.2 Å². The summed E-state index contributed by atoms with van der Waals surface area (Å²) in [5.41, 5.74) is 3.40. The highest BCUT2D eigenvalue weighted by Gasteiger charge is 2.15. The lowest BCUT2D eigenvalue weighted by Gasteiger charge is -2.09. The van der Waals surface area contributed by atoms with Gasteiger partial charge in [-0.1, -0.05) is 28.1 Å². The Morgan fingerprint density at radius 3 is 2.62 bits per heavy atom. The molecule has 0 aromatic heterocycles. The van der Waals surface area contributed by atoms with Crippen LogP contribution in [0.2, 0.25) is 0 Å². The second kappa shape index (κ2) is 10.3. The van der Waals surface area contributed by atoms with E-state index in [9.17, 15) is 19.7 Å². The largest absolute Gasteiger partial charge is 0.483 e. The maximum absolute atomic E-state index is 12.1. The summed E-state index contributed by atoms with van der Waals surface area (Å²) in [6, 6.07) is 11.2. The summed E-state index contributed by atoms with van der Waals surface area (Å²) in [5, 5.41) is 17.3. The summed E-state index contributed by atoms with van der Waals surface area (Å²) in [7, 11) is 0. The lowest BCUT2D eigenvalue weighted by Crippen LogP contribution is -2.26. The monoisotopic (exact) mass is 462 g/mol. The molecule has 2 aromatic carbocycles. The maximum Gasteiger partial charge on any atom is 0.292 e. The van der Waals surface area contributed by atoms with Crippen molar-refractivity contribution >= 4 is 44.8 Å². The van der Waals surface area contributed by atoms with Crippen molar-refractivity contribution in [1.82, 2.24) is 5.43 Å². The first kappa shape index (κ1) is 22.0. The van der Waals surface area contributed by atoms with Crippen molar-refractivity contribution in [3.05, 3.63) is 62.6 Å². The first-order chi connectivity index (χ1) is 13.8. The third-order valence-corrected chi connectivity index (χ3v) is 4.15. The normalized spacial score (nSPS) is 10.9. The zero-order valence-electron chi connectivity index (χ0n) is 15.8. The van der Waals surface area contributed by atoms with E-state index in [4.69, 9.17) is 4.74 Å². The molecule has 10 heteroatoms. The molecule has 0 atom stereocenters. The Kier molecular flexibility index (Phi) is 7.84. The molecule has 152 valence electrons. The number of nitro groups is 1. The fourth-order valence-electron chi connectivity index (χ4n) is 2.31. The van der Waals surface area contributed by atoms with Gasteiger partial charge in [-0.3, -0.25) is 19.7 Å². The number of aryl methyl sites for hydroxylation is 1. The van der Waals surface area contributed by atoms with Gasteiger partial charge in [-0.2, -0.15) is 5.10 Å². The van der Waals surface area contributed by atoms with E-state index < -0.39 is 16.7 Å². The zero-order valence-corrected chi connectivity index (χ0v) is 17.4. The Morgan fingerprint density at radius 1 is 1.21 bits per heavy atom. The second-order valence-electron chi connectivity index (χ2n) is 6.08. The number of nitrogens with zero attached hydrogens (tertiary/aromatic N) is 2. The molecule has 2 rings (SSSR count). The van der Waals surface area contributed by atoms with Gasteiger partial charge in [0, 0.05) is 16.3 Å². The zero-order chi connectivity index (χ0) is 21.4. The number of hydrazone groups is 1. The molecule has 0 unspecified atom stereocenters. The fourth-order valence-corrected chi connectivity index (χ4v) is 2.79. The number of para-hydroxylation sites is 2. The molecule has 0 bridgehead atoms. The summed E-state index contributed by atoms with van der Waals surface area (Å²) >= 11 is 3.35. The molecular formula is C19H19BrN4O5. The van der Waals surface area contributed by atoms with E-state index in [0.717, 1.165) is 10.0 Å². The highest BCUT2D eigenvalue weighted by Crippen LogP contribution is 2.23. The van der Waals surface area contributed by atoms with E-state index in [1.165, 1.54) is 18.2 Å². The summed E-state index contributed by atoms with van der Waals surface area (Å²) in [6.45, 7) is 3.18. The van der Waals surface area contributed by atoms with Gasteiger partial charge in [0.15, 0.2) is 6.61 Å². The number of halogens is 1. The first-order valence-corrected chi connectivity index (χ1v) is 9.30. The van der Waals surface area contributed by atoms with Crippen LogP contribution in [0.15, 0.2) is 52.0 Å². The van der Waals surface area contributed by atoms with E-state index in [2.05, 4.69) is 31.8 Å². The molecule has 0 saturated carbocycles. The molecule has 0 heterocycles. The Morgan fingerprint density at radius 2 is 1.93 bits per heavy atom. The lowest BCUT2D eigenvalue weighted by molar-refractivity contribution is -0.383. The molecule has 0 spiro atoms. The molecule has 2 amide bonds. The summed E-state index contributed by atoms with van der Waals surface area (Å²) < 4.78 is 6.34. The molecule has 0 aliphatic rings. The molecule has 0 aliphatic heterocycles. The summed E-state index contributed by atoms with van der Waals surface area (Å²) in [5.74, 6) is -0.393.